The molecule has 4 rings (SSSR count). The summed E-state index contributed by atoms with van der Waals surface area (Å²) >= 11 is 6.34. The molecular weight excluding hydrogens is 532 g/mol. The lowest BCUT2D eigenvalue weighted by Crippen LogP contribution is -2.39. The Kier molecular flexibility index (Phi) is 8.28. The quantitative estimate of drug-likeness (QED) is 0.210. The van der Waals surface area contributed by atoms with Crippen LogP contribution in [0, 0.1) is 34.6 Å². The van der Waals surface area contributed by atoms with Gasteiger partial charge in [-0.25, -0.2) is 13.8 Å². The zero-order valence-electron chi connectivity index (χ0n) is 22.6. The molecule has 1 amide bonds. The minimum absolute atomic E-state index is 0.0585. The fourth-order valence-electron chi connectivity index (χ4n) is 4.53. The molecule has 202 valence electrons. The summed E-state index contributed by atoms with van der Waals surface area (Å²) in [7, 11) is -4.08. The van der Waals surface area contributed by atoms with Crippen molar-refractivity contribution in [2.24, 2.45) is 5.10 Å². The molecule has 1 heterocycles. The second-order valence-corrected chi connectivity index (χ2v) is 11.8. The van der Waals surface area contributed by atoms with Gasteiger partial charge in [0.1, 0.15) is 6.54 Å². The summed E-state index contributed by atoms with van der Waals surface area (Å²) in [5.41, 5.74) is 9.82. The third-order valence-electron chi connectivity index (χ3n) is 6.35. The van der Waals surface area contributed by atoms with E-state index in [1.165, 1.54) is 23.3 Å². The van der Waals surface area contributed by atoms with E-state index in [0.29, 0.717) is 0 Å². The predicted octanol–water partition coefficient (Wildman–Crippen LogP) is 6.02. The van der Waals surface area contributed by atoms with Gasteiger partial charge in [0.05, 0.1) is 21.8 Å². The number of carbonyl (C=O) groups is 1. The number of sulfonamides is 1. The lowest BCUT2D eigenvalue weighted by molar-refractivity contribution is -0.119. The number of aryl methyl sites for hydroxylation is 4. The first-order valence-electron chi connectivity index (χ1n) is 12.4. The summed E-state index contributed by atoms with van der Waals surface area (Å²) in [6, 6.07) is 21.3. The van der Waals surface area contributed by atoms with Crippen LogP contribution in [0.2, 0.25) is 5.02 Å². The largest absolute Gasteiger partial charge is 0.318 e. The highest BCUT2D eigenvalue weighted by molar-refractivity contribution is 7.92. The number of halogens is 1. The molecule has 0 aliphatic heterocycles. The van der Waals surface area contributed by atoms with Crippen molar-refractivity contribution in [2.45, 2.75) is 39.5 Å². The van der Waals surface area contributed by atoms with Gasteiger partial charge in [0.2, 0.25) is 0 Å². The van der Waals surface area contributed by atoms with Crippen LogP contribution >= 0.6 is 11.6 Å². The van der Waals surface area contributed by atoms with Gasteiger partial charge in [0.25, 0.3) is 15.9 Å². The van der Waals surface area contributed by atoms with Gasteiger partial charge in [0, 0.05) is 22.6 Å². The van der Waals surface area contributed by atoms with E-state index in [4.69, 9.17) is 11.6 Å². The normalized spacial score (nSPS) is 11.6. The summed E-state index contributed by atoms with van der Waals surface area (Å²) < 4.78 is 30.2. The monoisotopic (exact) mass is 562 g/mol. The smallest absolute Gasteiger partial charge is 0.264 e. The summed E-state index contributed by atoms with van der Waals surface area (Å²) in [6.45, 7) is 9.49. The predicted molar refractivity (Wildman–Crippen MR) is 158 cm³/mol. The van der Waals surface area contributed by atoms with Crippen molar-refractivity contribution < 1.29 is 13.2 Å². The van der Waals surface area contributed by atoms with Gasteiger partial charge >= 0.3 is 0 Å². The first-order valence-corrected chi connectivity index (χ1v) is 14.2. The molecule has 0 aliphatic rings. The van der Waals surface area contributed by atoms with Crippen molar-refractivity contribution in [3.63, 3.8) is 0 Å². The Morgan fingerprint density at radius 3 is 2.21 bits per heavy atom. The second kappa shape index (κ2) is 11.5. The van der Waals surface area contributed by atoms with Crippen LogP contribution in [0.1, 0.15) is 33.6 Å². The van der Waals surface area contributed by atoms with Gasteiger partial charge in [-0.05, 0) is 88.2 Å². The minimum atomic E-state index is -4.08. The van der Waals surface area contributed by atoms with E-state index >= 15 is 0 Å². The number of benzene rings is 3. The molecule has 39 heavy (non-hydrogen) atoms. The molecule has 0 atom stereocenters. The van der Waals surface area contributed by atoms with Gasteiger partial charge in [0.15, 0.2) is 0 Å². The Hall–Kier alpha value is -3.88. The van der Waals surface area contributed by atoms with Crippen LogP contribution in [0.5, 0.6) is 0 Å². The summed E-state index contributed by atoms with van der Waals surface area (Å²) in [6.07, 6.45) is 1.56. The standard InChI is InChI=1S/C30H31ClN4O3S/c1-20-10-12-27(13-11-20)39(37,38)34(29-9-7-6-8-28(29)31)19-30(36)33-32-18-25-17-23(4)35(24(25)5)26-15-21(2)14-22(3)16-26/h6-18H,19H2,1-5H3,(H,33,36)/b32-18-. The maximum Gasteiger partial charge on any atom is 0.264 e. The van der Waals surface area contributed by atoms with Gasteiger partial charge in [-0.2, -0.15) is 5.10 Å². The number of carbonyl (C=O) groups excluding carboxylic acids is 1. The lowest BCUT2D eigenvalue weighted by Gasteiger charge is -2.24. The molecule has 0 saturated heterocycles. The molecule has 1 aromatic heterocycles. The van der Waals surface area contributed by atoms with E-state index in [1.807, 2.05) is 26.8 Å². The molecule has 1 N–H and O–H groups in total. The van der Waals surface area contributed by atoms with Crippen LogP contribution < -0.4 is 9.73 Å². The number of para-hydroxylation sites is 1. The van der Waals surface area contributed by atoms with Crippen molar-refractivity contribution >= 4 is 39.4 Å². The number of anilines is 1. The van der Waals surface area contributed by atoms with Crippen molar-refractivity contribution in [1.82, 2.24) is 9.99 Å². The average Bonchev–Trinajstić information content (AvgIpc) is 3.15. The van der Waals surface area contributed by atoms with E-state index in [-0.39, 0.29) is 15.6 Å². The molecular formula is C30H31ClN4O3S. The molecule has 4 aromatic rings. The summed E-state index contributed by atoms with van der Waals surface area (Å²) in [5.74, 6) is -0.607. The Labute approximate surface area is 234 Å². The van der Waals surface area contributed by atoms with Crippen LogP contribution in [-0.4, -0.2) is 31.7 Å². The highest BCUT2D eigenvalue weighted by Gasteiger charge is 2.28. The van der Waals surface area contributed by atoms with Crippen LogP contribution in [0.25, 0.3) is 5.69 Å². The SMILES string of the molecule is Cc1ccc(S(=O)(=O)N(CC(=O)N/N=C\c2cc(C)n(-c3cc(C)cc(C)c3)c2C)c2ccccc2Cl)cc1. The third kappa shape index (κ3) is 6.24. The number of hydrazone groups is 1. The van der Waals surface area contributed by atoms with Gasteiger partial charge in [-0.3, -0.25) is 9.10 Å². The highest BCUT2D eigenvalue weighted by Crippen LogP contribution is 2.30. The summed E-state index contributed by atoms with van der Waals surface area (Å²) in [5, 5.41) is 4.34. The zero-order chi connectivity index (χ0) is 28.3. The van der Waals surface area contributed by atoms with Gasteiger partial charge < -0.3 is 4.57 Å². The van der Waals surface area contributed by atoms with E-state index in [0.717, 1.165) is 32.5 Å². The van der Waals surface area contributed by atoms with Crippen LogP contribution in [0.3, 0.4) is 0 Å². The molecule has 9 heteroatoms. The van der Waals surface area contributed by atoms with Crippen molar-refractivity contribution in [2.75, 3.05) is 10.8 Å². The topological polar surface area (TPSA) is 83.8 Å². The number of nitrogens with zero attached hydrogens (tertiary/aromatic N) is 3. The van der Waals surface area contributed by atoms with Gasteiger partial charge in [-0.15, -0.1) is 0 Å². The van der Waals surface area contributed by atoms with Crippen LogP contribution in [0.4, 0.5) is 5.69 Å². The van der Waals surface area contributed by atoms with E-state index in [9.17, 15) is 13.2 Å². The number of rotatable bonds is 8. The zero-order valence-corrected chi connectivity index (χ0v) is 24.1. The molecule has 0 radical (unpaired) electrons. The first kappa shape index (κ1) is 28.1. The van der Waals surface area contributed by atoms with E-state index in [2.05, 4.69) is 47.1 Å². The van der Waals surface area contributed by atoms with Crippen molar-refractivity contribution in [1.29, 1.82) is 0 Å². The maximum atomic E-state index is 13.5. The molecule has 0 bridgehead atoms. The number of amides is 1. The molecule has 0 aliphatic carbocycles. The average molecular weight is 563 g/mol. The summed E-state index contributed by atoms with van der Waals surface area (Å²) in [4.78, 5) is 13.0. The Bertz CT molecular complexity index is 1640. The lowest BCUT2D eigenvalue weighted by atomic mass is 10.1. The van der Waals surface area contributed by atoms with Crippen molar-refractivity contribution in [3.05, 3.63) is 111 Å². The number of aromatic nitrogens is 1. The maximum absolute atomic E-state index is 13.5. The fourth-order valence-corrected chi connectivity index (χ4v) is 6.25. The number of hydrogen-bond donors (Lipinski definition) is 1. The number of nitrogens with one attached hydrogen (secondary N) is 1. The Morgan fingerprint density at radius 1 is 0.923 bits per heavy atom. The van der Waals surface area contributed by atoms with Gasteiger partial charge in [-0.1, -0.05) is 47.5 Å². The molecule has 7 nitrogen and oxygen atoms in total. The van der Waals surface area contributed by atoms with E-state index < -0.39 is 22.5 Å². The molecule has 0 unspecified atom stereocenters. The van der Waals surface area contributed by atoms with E-state index in [1.54, 1.807) is 42.6 Å². The Balaban J connectivity index is 1.57. The molecule has 0 saturated carbocycles. The van der Waals surface area contributed by atoms with Crippen LogP contribution in [-0.2, 0) is 14.8 Å². The van der Waals surface area contributed by atoms with Crippen LogP contribution in [0.15, 0.2) is 82.8 Å². The fraction of sp³-hybridized carbons (Fsp3) is 0.200. The molecule has 3 aromatic carbocycles. The number of hydrogen-bond acceptors (Lipinski definition) is 4. The third-order valence-corrected chi connectivity index (χ3v) is 8.44. The molecule has 0 spiro atoms. The molecule has 0 fully saturated rings. The minimum Gasteiger partial charge on any atom is -0.318 e. The first-order chi connectivity index (χ1) is 18.5. The second-order valence-electron chi connectivity index (χ2n) is 9.58. The Morgan fingerprint density at radius 2 is 1.56 bits per heavy atom. The van der Waals surface area contributed by atoms with Crippen molar-refractivity contribution in [3.8, 4) is 5.69 Å². The highest BCUT2D eigenvalue weighted by atomic mass is 35.5.